The highest BCUT2D eigenvalue weighted by Crippen LogP contribution is 2.38. The number of nitrogens with one attached hydrogen (secondary N) is 1. The number of pyridine rings is 1. The molecule has 6 rings (SSSR count). The van der Waals surface area contributed by atoms with Gasteiger partial charge in [-0.15, -0.1) is 0 Å². The second kappa shape index (κ2) is 9.36. The van der Waals surface area contributed by atoms with Crippen molar-refractivity contribution in [3.63, 3.8) is 0 Å². The minimum atomic E-state index is 0.173. The summed E-state index contributed by atoms with van der Waals surface area (Å²) in [5.74, 6) is 0.515. The zero-order valence-corrected chi connectivity index (χ0v) is 21.1. The molecule has 182 valence electrons. The van der Waals surface area contributed by atoms with Crippen LogP contribution in [0.4, 0.5) is 5.69 Å². The van der Waals surface area contributed by atoms with Gasteiger partial charge in [0.15, 0.2) is 0 Å². The van der Waals surface area contributed by atoms with Crippen molar-refractivity contribution in [3.05, 3.63) is 85.1 Å². The van der Waals surface area contributed by atoms with Gasteiger partial charge in [0.2, 0.25) is 0 Å². The quantitative estimate of drug-likeness (QED) is 0.334. The normalized spacial score (nSPS) is 19.5. The number of hydrogen-bond donors (Lipinski definition) is 1. The maximum atomic E-state index is 4.72. The Morgan fingerprint density at radius 1 is 1.00 bits per heavy atom. The molecule has 0 spiro atoms. The van der Waals surface area contributed by atoms with Crippen molar-refractivity contribution in [2.45, 2.75) is 31.8 Å². The largest absolute Gasteiger partial charge is 0.378 e. The van der Waals surface area contributed by atoms with E-state index in [1.165, 1.54) is 16.5 Å². The van der Waals surface area contributed by atoms with Gasteiger partial charge < -0.3 is 14.8 Å². The molecule has 36 heavy (non-hydrogen) atoms. The Kier molecular flexibility index (Phi) is 5.89. The monoisotopic (exact) mass is 476 g/mol. The van der Waals surface area contributed by atoms with Crippen molar-refractivity contribution in [2.24, 2.45) is 13.0 Å². The van der Waals surface area contributed by atoms with E-state index < -0.39 is 0 Å². The van der Waals surface area contributed by atoms with E-state index in [2.05, 4.69) is 94.4 Å². The minimum Gasteiger partial charge on any atom is -0.378 e. The lowest BCUT2D eigenvalue weighted by Crippen LogP contribution is -2.40. The van der Waals surface area contributed by atoms with Crippen LogP contribution < -0.4 is 5.32 Å². The predicted molar refractivity (Wildman–Crippen MR) is 147 cm³/mol. The van der Waals surface area contributed by atoms with Crippen LogP contribution in [0.5, 0.6) is 0 Å². The van der Waals surface area contributed by atoms with Gasteiger partial charge in [0, 0.05) is 60.8 Å². The van der Waals surface area contributed by atoms with Crippen LogP contribution in [-0.4, -0.2) is 44.1 Å². The Morgan fingerprint density at radius 3 is 2.72 bits per heavy atom. The zero-order valence-electron chi connectivity index (χ0n) is 21.1. The van der Waals surface area contributed by atoms with E-state index in [0.29, 0.717) is 12.0 Å². The first-order chi connectivity index (χ1) is 17.6. The standard InChI is InChI=1S/C30H32N6/c1-20-15-23(9-13-35(20)2)29(24-5-4-10-31-19-24)34-25-17-26(30-27(18-25)32-11-12-33-30)22-7-6-21-8-14-36(3)28(21)16-22/h4-8,10-12,14,16-20,23,29,34H,9,13,15H2,1-3H3. The first-order valence-corrected chi connectivity index (χ1v) is 12.7. The summed E-state index contributed by atoms with van der Waals surface area (Å²) in [5.41, 5.74) is 7.54. The molecule has 3 atom stereocenters. The number of aryl methyl sites for hydroxylation is 1. The first-order valence-electron chi connectivity index (χ1n) is 12.7. The molecule has 1 aliphatic heterocycles. The van der Waals surface area contributed by atoms with Crippen LogP contribution in [-0.2, 0) is 7.05 Å². The van der Waals surface area contributed by atoms with Crippen molar-refractivity contribution < 1.29 is 0 Å². The van der Waals surface area contributed by atoms with Crippen LogP contribution in [0.15, 0.2) is 79.5 Å². The lowest BCUT2D eigenvalue weighted by molar-refractivity contribution is 0.143. The number of rotatable bonds is 5. The van der Waals surface area contributed by atoms with Gasteiger partial charge in [-0.2, -0.15) is 0 Å². The molecule has 6 nitrogen and oxygen atoms in total. The molecule has 4 heterocycles. The van der Waals surface area contributed by atoms with E-state index in [9.17, 15) is 0 Å². The van der Waals surface area contributed by atoms with E-state index in [1.54, 1.807) is 12.4 Å². The fourth-order valence-electron chi connectivity index (χ4n) is 5.65. The highest BCUT2D eigenvalue weighted by molar-refractivity contribution is 5.97. The average molecular weight is 477 g/mol. The van der Waals surface area contributed by atoms with Crippen molar-refractivity contribution in [2.75, 3.05) is 18.9 Å². The molecule has 0 radical (unpaired) electrons. The van der Waals surface area contributed by atoms with Gasteiger partial charge >= 0.3 is 0 Å². The van der Waals surface area contributed by atoms with E-state index >= 15 is 0 Å². The van der Waals surface area contributed by atoms with Crippen LogP contribution in [0.1, 0.15) is 31.4 Å². The second-order valence-corrected chi connectivity index (χ2v) is 10.2. The van der Waals surface area contributed by atoms with Gasteiger partial charge in [0.05, 0.1) is 17.1 Å². The first kappa shape index (κ1) is 22.7. The van der Waals surface area contributed by atoms with Crippen LogP contribution in [0.3, 0.4) is 0 Å². The van der Waals surface area contributed by atoms with Crippen molar-refractivity contribution in [3.8, 4) is 11.1 Å². The summed E-state index contributed by atoms with van der Waals surface area (Å²) in [4.78, 5) is 16.3. The molecule has 6 heteroatoms. The van der Waals surface area contributed by atoms with Crippen molar-refractivity contribution >= 4 is 27.6 Å². The number of piperidine rings is 1. The van der Waals surface area contributed by atoms with Gasteiger partial charge in [-0.05, 0) is 86.1 Å². The summed E-state index contributed by atoms with van der Waals surface area (Å²) in [7, 11) is 4.31. The van der Waals surface area contributed by atoms with Gasteiger partial charge in [-0.3, -0.25) is 15.0 Å². The molecule has 1 saturated heterocycles. The Hall–Kier alpha value is -3.77. The molecule has 1 fully saturated rings. The van der Waals surface area contributed by atoms with E-state index in [1.807, 2.05) is 18.5 Å². The number of benzene rings is 2. The molecule has 3 unspecified atom stereocenters. The zero-order chi connectivity index (χ0) is 24.6. The van der Waals surface area contributed by atoms with Gasteiger partial charge in [0.25, 0.3) is 0 Å². The van der Waals surface area contributed by atoms with E-state index in [-0.39, 0.29) is 6.04 Å². The molecule has 1 N–H and O–H groups in total. The number of hydrogen-bond acceptors (Lipinski definition) is 5. The molecule has 0 amide bonds. The summed E-state index contributed by atoms with van der Waals surface area (Å²) in [6.45, 7) is 3.44. The van der Waals surface area contributed by atoms with Gasteiger partial charge in [0.1, 0.15) is 0 Å². The third-order valence-electron chi connectivity index (χ3n) is 7.86. The number of fused-ring (bicyclic) bond motifs is 2. The molecular weight excluding hydrogens is 444 g/mol. The van der Waals surface area contributed by atoms with Crippen LogP contribution >= 0.6 is 0 Å². The highest BCUT2D eigenvalue weighted by Gasteiger charge is 2.30. The summed E-state index contributed by atoms with van der Waals surface area (Å²) in [6, 6.07) is 18.1. The van der Waals surface area contributed by atoms with Crippen LogP contribution in [0.25, 0.3) is 33.1 Å². The molecule has 3 aromatic heterocycles. The molecule has 1 aliphatic rings. The minimum absolute atomic E-state index is 0.173. The Bertz CT molecular complexity index is 1510. The van der Waals surface area contributed by atoms with E-state index in [4.69, 9.17) is 4.98 Å². The summed E-state index contributed by atoms with van der Waals surface area (Å²) >= 11 is 0. The lowest BCUT2D eigenvalue weighted by atomic mass is 9.83. The van der Waals surface area contributed by atoms with Crippen molar-refractivity contribution in [1.29, 1.82) is 0 Å². The Balaban J connectivity index is 1.44. The molecule has 0 saturated carbocycles. The number of likely N-dealkylation sites (tertiary alicyclic amines) is 1. The lowest BCUT2D eigenvalue weighted by Gasteiger charge is -2.39. The second-order valence-electron chi connectivity index (χ2n) is 10.2. The molecule has 0 aliphatic carbocycles. The molecule has 5 aromatic rings. The number of anilines is 1. The SMILES string of the molecule is CC1CC(C(Nc2cc(-c3ccc4ccn(C)c4c3)c3nccnc3c2)c2cccnc2)CCN1C. The topological polar surface area (TPSA) is 58.9 Å². The maximum Gasteiger partial charge on any atom is 0.0966 e. The predicted octanol–water partition coefficient (Wildman–Crippen LogP) is 6.07. The Morgan fingerprint density at radius 2 is 1.89 bits per heavy atom. The summed E-state index contributed by atoms with van der Waals surface area (Å²) in [5, 5.41) is 5.15. The van der Waals surface area contributed by atoms with Crippen LogP contribution in [0, 0.1) is 5.92 Å². The van der Waals surface area contributed by atoms with Gasteiger partial charge in [-0.25, -0.2) is 0 Å². The number of nitrogens with zero attached hydrogens (tertiary/aromatic N) is 5. The van der Waals surface area contributed by atoms with Crippen LogP contribution in [0.2, 0.25) is 0 Å². The summed E-state index contributed by atoms with van der Waals surface area (Å²) in [6.07, 6.45) is 11.8. The molecule has 0 bridgehead atoms. The maximum absolute atomic E-state index is 4.72. The van der Waals surface area contributed by atoms with Crippen molar-refractivity contribution in [1.82, 2.24) is 24.4 Å². The third kappa shape index (κ3) is 4.22. The smallest absolute Gasteiger partial charge is 0.0966 e. The Labute approximate surface area is 212 Å². The fourth-order valence-corrected chi connectivity index (χ4v) is 5.65. The average Bonchev–Trinajstić information content (AvgIpc) is 3.29. The highest BCUT2D eigenvalue weighted by atomic mass is 15.1. The third-order valence-corrected chi connectivity index (χ3v) is 7.86. The summed E-state index contributed by atoms with van der Waals surface area (Å²) < 4.78 is 2.16. The number of aromatic nitrogens is 4. The van der Waals surface area contributed by atoms with Gasteiger partial charge in [-0.1, -0.05) is 18.2 Å². The molecular formula is C30H32N6. The molecule has 2 aromatic carbocycles. The fraction of sp³-hybridized carbons (Fsp3) is 0.300. The van der Waals surface area contributed by atoms with E-state index in [0.717, 1.165) is 47.2 Å².